The smallest absolute Gasteiger partial charge is 0.285 e. The summed E-state index contributed by atoms with van der Waals surface area (Å²) in [6, 6.07) is 9.71. The van der Waals surface area contributed by atoms with Gasteiger partial charge in [-0.15, -0.1) is 11.3 Å². The molecule has 4 rings (SSSR count). The zero-order valence-electron chi connectivity index (χ0n) is 14.1. The van der Waals surface area contributed by atoms with Crippen molar-refractivity contribution in [3.63, 3.8) is 0 Å². The highest BCUT2D eigenvalue weighted by Crippen LogP contribution is 2.26. The van der Waals surface area contributed by atoms with Crippen LogP contribution in [0, 0.1) is 13.8 Å². The molecule has 8 heteroatoms. The van der Waals surface area contributed by atoms with Gasteiger partial charge in [0.2, 0.25) is 0 Å². The van der Waals surface area contributed by atoms with Gasteiger partial charge in [-0.25, -0.2) is 14.5 Å². The Hall–Kier alpha value is -3.26. The predicted molar refractivity (Wildman–Crippen MR) is 101 cm³/mol. The standard InChI is InChI=1S/C18H15N5O2S/c1-10-14(16(24)21-18-19-8-9-26-18)17(25)23-15(20-10)13(11(2)22-23)12-6-4-3-5-7-12/h3-9,22H,1-2H3,(H,19,21,24). The largest absolute Gasteiger partial charge is 0.298 e. The zero-order valence-corrected chi connectivity index (χ0v) is 14.9. The molecule has 0 bridgehead atoms. The summed E-state index contributed by atoms with van der Waals surface area (Å²) in [7, 11) is 0. The number of nitrogens with zero attached hydrogens (tertiary/aromatic N) is 3. The summed E-state index contributed by atoms with van der Waals surface area (Å²) in [5, 5.41) is 7.85. The van der Waals surface area contributed by atoms with Crippen LogP contribution in [-0.2, 0) is 0 Å². The number of aromatic nitrogens is 4. The number of hydrogen-bond donors (Lipinski definition) is 2. The molecule has 0 saturated carbocycles. The molecule has 3 aromatic heterocycles. The number of aromatic amines is 1. The van der Waals surface area contributed by atoms with Crippen LogP contribution in [0.1, 0.15) is 21.7 Å². The molecule has 0 aliphatic carbocycles. The third kappa shape index (κ3) is 2.60. The first-order valence-electron chi connectivity index (χ1n) is 7.94. The maximum Gasteiger partial charge on any atom is 0.285 e. The maximum absolute atomic E-state index is 12.9. The summed E-state index contributed by atoms with van der Waals surface area (Å²) in [5.74, 6) is -0.516. The lowest BCUT2D eigenvalue weighted by Gasteiger charge is -2.06. The fraction of sp³-hybridized carbons (Fsp3) is 0.111. The highest BCUT2D eigenvalue weighted by atomic mass is 32.1. The van der Waals surface area contributed by atoms with Crippen LogP contribution in [0.4, 0.5) is 5.13 Å². The number of aryl methyl sites for hydroxylation is 2. The Bertz CT molecular complexity index is 1160. The summed E-state index contributed by atoms with van der Waals surface area (Å²) >= 11 is 1.28. The Kier molecular flexibility index (Phi) is 3.89. The van der Waals surface area contributed by atoms with E-state index in [1.54, 1.807) is 18.5 Å². The van der Waals surface area contributed by atoms with Crippen molar-refractivity contribution >= 4 is 28.0 Å². The number of carbonyl (C=O) groups is 1. The molecule has 130 valence electrons. The molecule has 0 fully saturated rings. The number of anilines is 1. The van der Waals surface area contributed by atoms with Crippen molar-refractivity contribution in [2.45, 2.75) is 13.8 Å². The molecule has 0 unspecified atom stereocenters. The molecule has 3 heterocycles. The van der Waals surface area contributed by atoms with E-state index in [0.29, 0.717) is 16.5 Å². The molecule has 7 nitrogen and oxygen atoms in total. The number of fused-ring (bicyclic) bond motifs is 1. The van der Waals surface area contributed by atoms with Gasteiger partial charge in [0.1, 0.15) is 5.56 Å². The number of carbonyl (C=O) groups excluding carboxylic acids is 1. The molecule has 1 aromatic carbocycles. The highest BCUT2D eigenvalue weighted by Gasteiger charge is 2.22. The van der Waals surface area contributed by atoms with Gasteiger partial charge in [0.25, 0.3) is 11.5 Å². The van der Waals surface area contributed by atoms with Crippen molar-refractivity contribution in [1.29, 1.82) is 0 Å². The maximum atomic E-state index is 12.9. The number of benzene rings is 1. The summed E-state index contributed by atoms with van der Waals surface area (Å²) in [6.45, 7) is 3.54. The van der Waals surface area contributed by atoms with Gasteiger partial charge in [-0.2, -0.15) is 0 Å². The lowest BCUT2D eigenvalue weighted by molar-refractivity contribution is 0.102. The third-order valence-corrected chi connectivity index (χ3v) is 4.77. The molecular weight excluding hydrogens is 350 g/mol. The molecule has 0 spiro atoms. The molecule has 0 aliphatic rings. The van der Waals surface area contributed by atoms with Crippen molar-refractivity contribution in [2.75, 3.05) is 5.32 Å². The van der Waals surface area contributed by atoms with Crippen molar-refractivity contribution in [3.8, 4) is 11.1 Å². The van der Waals surface area contributed by atoms with Crippen LogP contribution in [0.5, 0.6) is 0 Å². The minimum atomic E-state index is -0.516. The lowest BCUT2D eigenvalue weighted by Crippen LogP contribution is -2.28. The van der Waals surface area contributed by atoms with Crippen LogP contribution in [0.15, 0.2) is 46.7 Å². The molecule has 0 atom stereocenters. The van der Waals surface area contributed by atoms with Gasteiger partial charge < -0.3 is 0 Å². The van der Waals surface area contributed by atoms with Gasteiger partial charge in [-0.1, -0.05) is 30.3 Å². The number of amides is 1. The summed E-state index contributed by atoms with van der Waals surface area (Å²) in [6.07, 6.45) is 1.59. The Labute approximate surface area is 152 Å². The molecule has 26 heavy (non-hydrogen) atoms. The number of rotatable bonds is 3. The van der Waals surface area contributed by atoms with Crippen LogP contribution in [0.3, 0.4) is 0 Å². The fourth-order valence-corrected chi connectivity index (χ4v) is 3.47. The molecule has 2 N–H and O–H groups in total. The first kappa shape index (κ1) is 16.2. The summed E-state index contributed by atoms with van der Waals surface area (Å²) in [5.41, 5.74) is 3.04. The highest BCUT2D eigenvalue weighted by molar-refractivity contribution is 7.13. The van der Waals surface area contributed by atoms with Gasteiger partial charge in [-0.05, 0) is 19.4 Å². The van der Waals surface area contributed by atoms with E-state index in [2.05, 4.69) is 20.4 Å². The van der Waals surface area contributed by atoms with Crippen LogP contribution >= 0.6 is 11.3 Å². The van der Waals surface area contributed by atoms with E-state index >= 15 is 0 Å². The van der Waals surface area contributed by atoms with E-state index in [9.17, 15) is 9.59 Å². The lowest BCUT2D eigenvalue weighted by atomic mass is 10.1. The van der Waals surface area contributed by atoms with E-state index in [0.717, 1.165) is 16.8 Å². The Morgan fingerprint density at radius 2 is 2.00 bits per heavy atom. The monoisotopic (exact) mass is 365 g/mol. The van der Waals surface area contributed by atoms with Crippen LogP contribution in [-0.4, -0.2) is 25.5 Å². The topological polar surface area (TPSA) is 92.2 Å². The van der Waals surface area contributed by atoms with Gasteiger partial charge >= 0.3 is 0 Å². The van der Waals surface area contributed by atoms with E-state index < -0.39 is 11.5 Å². The third-order valence-electron chi connectivity index (χ3n) is 4.08. The van der Waals surface area contributed by atoms with Crippen LogP contribution in [0.25, 0.3) is 16.8 Å². The van der Waals surface area contributed by atoms with Gasteiger partial charge in [0.05, 0.1) is 5.69 Å². The zero-order chi connectivity index (χ0) is 18.3. The Morgan fingerprint density at radius 3 is 2.69 bits per heavy atom. The van der Waals surface area contributed by atoms with E-state index in [4.69, 9.17) is 0 Å². The molecule has 0 radical (unpaired) electrons. The van der Waals surface area contributed by atoms with Crippen molar-refractivity contribution in [1.82, 2.24) is 19.6 Å². The summed E-state index contributed by atoms with van der Waals surface area (Å²) < 4.78 is 1.32. The molecule has 1 amide bonds. The van der Waals surface area contributed by atoms with E-state index in [1.165, 1.54) is 15.9 Å². The second-order valence-corrected chi connectivity index (χ2v) is 6.70. The van der Waals surface area contributed by atoms with Gasteiger partial charge in [-0.3, -0.25) is 20.0 Å². The van der Waals surface area contributed by atoms with Gasteiger partial charge in [0.15, 0.2) is 10.8 Å². The van der Waals surface area contributed by atoms with Gasteiger partial charge in [0, 0.05) is 22.8 Å². The average molecular weight is 365 g/mol. The van der Waals surface area contributed by atoms with E-state index in [-0.39, 0.29) is 5.56 Å². The average Bonchev–Trinajstić information content (AvgIpc) is 3.23. The molecule has 0 saturated heterocycles. The van der Waals surface area contributed by atoms with Crippen LogP contribution in [0.2, 0.25) is 0 Å². The second-order valence-electron chi connectivity index (χ2n) is 5.81. The number of nitrogens with one attached hydrogen (secondary N) is 2. The molecule has 4 aromatic rings. The number of H-pyrrole nitrogens is 1. The SMILES string of the molecule is Cc1nc2c(-c3ccccc3)c(C)[nH]n2c(=O)c1C(=O)Nc1nccs1. The van der Waals surface area contributed by atoms with Crippen molar-refractivity contribution in [3.05, 3.63) is 69.2 Å². The summed E-state index contributed by atoms with van der Waals surface area (Å²) in [4.78, 5) is 34.0. The minimum Gasteiger partial charge on any atom is -0.298 e. The predicted octanol–water partition coefficient (Wildman–Crippen LogP) is 3.02. The molecule has 0 aliphatic heterocycles. The second kappa shape index (κ2) is 6.23. The minimum absolute atomic E-state index is 0.00133. The van der Waals surface area contributed by atoms with Crippen LogP contribution < -0.4 is 10.9 Å². The number of thiazole rings is 1. The first-order valence-corrected chi connectivity index (χ1v) is 8.82. The van der Waals surface area contributed by atoms with E-state index in [1.807, 2.05) is 37.3 Å². The van der Waals surface area contributed by atoms with Crippen molar-refractivity contribution < 1.29 is 4.79 Å². The quantitative estimate of drug-likeness (QED) is 0.584. The Balaban J connectivity index is 1.88. The fourth-order valence-electron chi connectivity index (χ4n) is 2.95. The first-order chi connectivity index (χ1) is 12.6. The van der Waals surface area contributed by atoms with Crippen molar-refractivity contribution in [2.24, 2.45) is 0 Å². The normalized spacial score (nSPS) is 11.0. The Morgan fingerprint density at radius 1 is 1.23 bits per heavy atom. The number of hydrogen-bond acceptors (Lipinski definition) is 5. The molecular formula is C18H15N5O2S.